The van der Waals surface area contributed by atoms with E-state index in [2.05, 4.69) is 10.3 Å². The van der Waals surface area contributed by atoms with Gasteiger partial charge in [-0.3, -0.25) is 10.1 Å². The highest BCUT2D eigenvalue weighted by Gasteiger charge is 2.18. The van der Waals surface area contributed by atoms with Gasteiger partial charge in [-0.2, -0.15) is 0 Å². The Morgan fingerprint density at radius 2 is 2.20 bits per heavy atom. The lowest BCUT2D eigenvalue weighted by Gasteiger charge is -2.13. The first kappa shape index (κ1) is 14.4. The van der Waals surface area contributed by atoms with Crippen LogP contribution in [0.2, 0.25) is 5.02 Å². The fourth-order valence-corrected chi connectivity index (χ4v) is 1.86. The molecule has 2 N–H and O–H groups in total. The van der Waals surface area contributed by atoms with Crippen molar-refractivity contribution >= 4 is 17.3 Å². The maximum Gasteiger partial charge on any atom is 0.270 e. The summed E-state index contributed by atoms with van der Waals surface area (Å²) in [5.41, 5.74) is 6.71. The summed E-state index contributed by atoms with van der Waals surface area (Å²) in [5.74, 6) is 0. The van der Waals surface area contributed by atoms with Gasteiger partial charge in [-0.25, -0.2) is 4.68 Å². The van der Waals surface area contributed by atoms with Gasteiger partial charge in [0.1, 0.15) is 5.69 Å². The Hall–Kier alpha value is -1.99. The van der Waals surface area contributed by atoms with Gasteiger partial charge in [0.05, 0.1) is 28.2 Å². The van der Waals surface area contributed by atoms with E-state index in [1.807, 2.05) is 13.8 Å². The summed E-state index contributed by atoms with van der Waals surface area (Å²) in [7, 11) is 0. The monoisotopic (exact) mass is 295 g/mol. The van der Waals surface area contributed by atoms with Gasteiger partial charge in [0, 0.05) is 12.1 Å². The molecule has 0 unspecified atom stereocenters. The number of non-ortho nitro benzene ring substituents is 1. The molecule has 0 saturated heterocycles. The zero-order chi connectivity index (χ0) is 14.9. The number of hydrogen-bond donors (Lipinski definition) is 1. The van der Waals surface area contributed by atoms with Gasteiger partial charge in [0.25, 0.3) is 5.69 Å². The molecule has 1 aromatic heterocycles. The van der Waals surface area contributed by atoms with Gasteiger partial charge in [-0.1, -0.05) is 16.8 Å². The van der Waals surface area contributed by atoms with Crippen molar-refractivity contribution in [2.45, 2.75) is 25.9 Å². The van der Waals surface area contributed by atoms with Gasteiger partial charge in [-0.05, 0) is 25.5 Å². The van der Waals surface area contributed by atoms with Crippen molar-refractivity contribution in [3.63, 3.8) is 0 Å². The first-order valence-electron chi connectivity index (χ1n) is 5.89. The quantitative estimate of drug-likeness (QED) is 0.687. The number of hydrogen-bond acceptors (Lipinski definition) is 5. The van der Waals surface area contributed by atoms with Crippen LogP contribution in [0.25, 0.3) is 0 Å². The number of aromatic nitrogens is 3. The van der Waals surface area contributed by atoms with E-state index in [-0.39, 0.29) is 5.69 Å². The zero-order valence-electron chi connectivity index (χ0n) is 11.1. The molecule has 0 saturated carbocycles. The van der Waals surface area contributed by atoms with E-state index in [9.17, 15) is 10.1 Å². The van der Waals surface area contributed by atoms with Crippen LogP contribution in [-0.4, -0.2) is 19.9 Å². The molecule has 1 aromatic carbocycles. The van der Waals surface area contributed by atoms with Gasteiger partial charge >= 0.3 is 0 Å². The molecule has 2 rings (SSSR count). The summed E-state index contributed by atoms with van der Waals surface area (Å²) < 4.78 is 1.59. The standard InChI is InChI=1S/C12H14ClN5O2/c1-12(2,14)11-7-17(16-15-11)6-8-3-4-9(18(19)20)5-10(8)13/h3-5,7H,6,14H2,1-2H3. The Morgan fingerprint density at radius 1 is 1.50 bits per heavy atom. The maximum absolute atomic E-state index is 10.6. The average Bonchev–Trinajstić information content (AvgIpc) is 2.80. The van der Waals surface area contributed by atoms with Crippen molar-refractivity contribution in [2.24, 2.45) is 5.73 Å². The minimum Gasteiger partial charge on any atom is -0.320 e. The number of benzene rings is 1. The highest BCUT2D eigenvalue weighted by Crippen LogP contribution is 2.23. The third-order valence-electron chi connectivity index (χ3n) is 2.78. The van der Waals surface area contributed by atoms with Gasteiger partial charge in [-0.15, -0.1) is 5.10 Å². The number of rotatable bonds is 4. The third-order valence-corrected chi connectivity index (χ3v) is 3.13. The molecule has 0 aliphatic rings. The second-order valence-electron chi connectivity index (χ2n) is 5.06. The van der Waals surface area contributed by atoms with Gasteiger partial charge in [0.15, 0.2) is 0 Å². The minimum absolute atomic E-state index is 0.0406. The zero-order valence-corrected chi connectivity index (χ0v) is 11.8. The molecular weight excluding hydrogens is 282 g/mol. The van der Waals surface area contributed by atoms with Crippen LogP contribution in [0.1, 0.15) is 25.1 Å². The third kappa shape index (κ3) is 3.12. The molecule has 0 atom stereocenters. The molecule has 8 heteroatoms. The Bertz CT molecular complexity index is 648. The molecule has 1 heterocycles. The summed E-state index contributed by atoms with van der Waals surface area (Å²) in [6.07, 6.45) is 1.73. The molecule has 0 bridgehead atoms. The number of nitro benzene ring substituents is 1. The minimum atomic E-state index is -0.572. The van der Waals surface area contributed by atoms with Gasteiger partial charge < -0.3 is 5.73 Å². The van der Waals surface area contributed by atoms with Crippen LogP contribution >= 0.6 is 11.6 Å². The Kier molecular flexibility index (Phi) is 3.74. The normalized spacial score (nSPS) is 11.6. The summed E-state index contributed by atoms with van der Waals surface area (Å²) in [6.45, 7) is 4.04. The predicted octanol–water partition coefficient (Wildman–Crippen LogP) is 2.08. The molecule has 0 aliphatic heterocycles. The lowest BCUT2D eigenvalue weighted by Crippen LogP contribution is -2.29. The second-order valence-corrected chi connectivity index (χ2v) is 5.46. The molecule has 20 heavy (non-hydrogen) atoms. The van der Waals surface area contributed by atoms with E-state index in [1.165, 1.54) is 12.1 Å². The number of halogens is 1. The lowest BCUT2D eigenvalue weighted by molar-refractivity contribution is -0.384. The van der Waals surface area contributed by atoms with E-state index in [0.717, 1.165) is 5.56 Å². The highest BCUT2D eigenvalue weighted by molar-refractivity contribution is 6.31. The van der Waals surface area contributed by atoms with Crippen LogP contribution in [0.4, 0.5) is 5.69 Å². The topological polar surface area (TPSA) is 99.9 Å². The Balaban J connectivity index is 2.22. The molecule has 2 aromatic rings. The smallest absolute Gasteiger partial charge is 0.270 e. The van der Waals surface area contributed by atoms with Crippen LogP contribution in [0.15, 0.2) is 24.4 Å². The fourth-order valence-electron chi connectivity index (χ4n) is 1.62. The molecule has 0 fully saturated rings. The Labute approximate surface area is 120 Å². The van der Waals surface area contributed by atoms with E-state index >= 15 is 0 Å². The molecule has 7 nitrogen and oxygen atoms in total. The average molecular weight is 296 g/mol. The molecular formula is C12H14ClN5O2. The highest BCUT2D eigenvalue weighted by atomic mass is 35.5. The maximum atomic E-state index is 10.6. The first-order chi connectivity index (χ1) is 9.27. The fraction of sp³-hybridized carbons (Fsp3) is 0.333. The summed E-state index contributed by atoms with van der Waals surface area (Å²) in [5, 5.41) is 18.9. The lowest BCUT2D eigenvalue weighted by atomic mass is 10.0. The van der Waals surface area contributed by atoms with Crippen LogP contribution in [0.3, 0.4) is 0 Å². The summed E-state index contributed by atoms with van der Waals surface area (Å²) in [4.78, 5) is 10.2. The van der Waals surface area contributed by atoms with Gasteiger partial charge in [0.2, 0.25) is 0 Å². The van der Waals surface area contributed by atoms with E-state index in [1.54, 1.807) is 16.9 Å². The largest absolute Gasteiger partial charge is 0.320 e. The number of nitrogens with zero attached hydrogens (tertiary/aromatic N) is 4. The Morgan fingerprint density at radius 3 is 2.70 bits per heavy atom. The molecule has 0 spiro atoms. The molecule has 0 aliphatic carbocycles. The number of nitro groups is 1. The van der Waals surface area contributed by atoms with E-state index in [0.29, 0.717) is 17.3 Å². The molecule has 0 amide bonds. The van der Waals surface area contributed by atoms with E-state index in [4.69, 9.17) is 17.3 Å². The summed E-state index contributed by atoms with van der Waals surface area (Å²) in [6, 6.07) is 4.34. The van der Waals surface area contributed by atoms with Crippen molar-refractivity contribution in [3.8, 4) is 0 Å². The van der Waals surface area contributed by atoms with Crippen LogP contribution < -0.4 is 5.73 Å². The van der Waals surface area contributed by atoms with Crippen LogP contribution in [0.5, 0.6) is 0 Å². The van der Waals surface area contributed by atoms with Crippen molar-refractivity contribution in [1.29, 1.82) is 0 Å². The summed E-state index contributed by atoms with van der Waals surface area (Å²) >= 11 is 6.03. The number of nitrogens with two attached hydrogens (primary N) is 1. The SMILES string of the molecule is CC(C)(N)c1cn(Cc2ccc([N+](=O)[O-])cc2Cl)nn1. The van der Waals surface area contributed by atoms with Crippen LogP contribution in [-0.2, 0) is 12.1 Å². The first-order valence-corrected chi connectivity index (χ1v) is 6.27. The van der Waals surface area contributed by atoms with Crippen molar-refractivity contribution < 1.29 is 4.92 Å². The van der Waals surface area contributed by atoms with E-state index < -0.39 is 10.5 Å². The van der Waals surface area contributed by atoms with Crippen LogP contribution in [0, 0.1) is 10.1 Å². The molecule has 106 valence electrons. The van der Waals surface area contributed by atoms with Crippen molar-refractivity contribution in [1.82, 2.24) is 15.0 Å². The van der Waals surface area contributed by atoms with Crippen molar-refractivity contribution in [2.75, 3.05) is 0 Å². The second kappa shape index (κ2) is 5.18. The predicted molar refractivity (Wildman–Crippen MR) is 74.4 cm³/mol. The van der Waals surface area contributed by atoms with Crippen molar-refractivity contribution in [3.05, 3.63) is 50.8 Å². The molecule has 0 radical (unpaired) electrons.